The van der Waals surface area contributed by atoms with Gasteiger partial charge in [0.15, 0.2) is 0 Å². The number of ether oxygens (including phenoxy) is 1. The molecule has 0 atom stereocenters. The van der Waals surface area contributed by atoms with E-state index in [-0.39, 0.29) is 5.97 Å². The fourth-order valence-corrected chi connectivity index (χ4v) is 1.07. The lowest BCUT2D eigenvalue weighted by molar-refractivity contribution is -0.140. The molecule has 1 aromatic rings. The first-order valence-electron chi connectivity index (χ1n) is 4.58. The molecule has 78 valence electrons. The van der Waals surface area contributed by atoms with Crippen molar-refractivity contribution in [2.75, 3.05) is 13.7 Å². The van der Waals surface area contributed by atoms with E-state index in [0.29, 0.717) is 6.42 Å². The van der Waals surface area contributed by atoms with Crippen molar-refractivity contribution in [3.8, 4) is 0 Å². The molecule has 0 aromatic carbocycles. The number of rotatable bonds is 6. The van der Waals surface area contributed by atoms with E-state index in [1.165, 1.54) is 7.11 Å². The summed E-state index contributed by atoms with van der Waals surface area (Å²) < 4.78 is 4.52. The van der Waals surface area contributed by atoms with E-state index in [1.807, 2.05) is 6.07 Å². The number of aromatic nitrogens is 2. The standard InChI is InChI=1S/C9H15N3O2/c1-14-9(13)3-2-5-10-7-8-4-6-11-12-8/h4,6,10H,2-3,5,7H2,1H3,(H,11,12). The number of esters is 1. The Labute approximate surface area is 82.8 Å². The van der Waals surface area contributed by atoms with Gasteiger partial charge in [-0.2, -0.15) is 5.10 Å². The van der Waals surface area contributed by atoms with Gasteiger partial charge in [0.05, 0.1) is 7.11 Å². The van der Waals surface area contributed by atoms with Crippen molar-refractivity contribution in [3.05, 3.63) is 18.0 Å². The molecule has 0 saturated carbocycles. The lowest BCUT2D eigenvalue weighted by Crippen LogP contribution is -2.16. The summed E-state index contributed by atoms with van der Waals surface area (Å²) in [5.41, 5.74) is 1.04. The zero-order valence-electron chi connectivity index (χ0n) is 8.25. The highest BCUT2D eigenvalue weighted by Crippen LogP contribution is 1.92. The van der Waals surface area contributed by atoms with E-state index in [2.05, 4.69) is 20.3 Å². The van der Waals surface area contributed by atoms with Crippen LogP contribution in [0, 0.1) is 0 Å². The largest absolute Gasteiger partial charge is 0.469 e. The predicted octanol–water partition coefficient (Wildman–Crippen LogP) is 0.452. The van der Waals surface area contributed by atoms with Crippen LogP contribution in [0.3, 0.4) is 0 Å². The van der Waals surface area contributed by atoms with E-state index in [1.54, 1.807) is 6.20 Å². The van der Waals surface area contributed by atoms with Crippen molar-refractivity contribution in [3.63, 3.8) is 0 Å². The summed E-state index contributed by atoms with van der Waals surface area (Å²) >= 11 is 0. The Morgan fingerprint density at radius 2 is 2.57 bits per heavy atom. The topological polar surface area (TPSA) is 67.0 Å². The first-order valence-corrected chi connectivity index (χ1v) is 4.58. The van der Waals surface area contributed by atoms with Crippen molar-refractivity contribution in [2.45, 2.75) is 19.4 Å². The van der Waals surface area contributed by atoms with Crippen LogP contribution in [0.4, 0.5) is 0 Å². The van der Waals surface area contributed by atoms with Crippen LogP contribution in [0.2, 0.25) is 0 Å². The highest BCUT2D eigenvalue weighted by molar-refractivity contribution is 5.69. The maximum Gasteiger partial charge on any atom is 0.305 e. The fourth-order valence-electron chi connectivity index (χ4n) is 1.07. The maximum absolute atomic E-state index is 10.7. The highest BCUT2D eigenvalue weighted by Gasteiger charge is 1.98. The monoisotopic (exact) mass is 197 g/mol. The number of nitrogens with zero attached hydrogens (tertiary/aromatic N) is 1. The molecule has 0 unspecified atom stereocenters. The summed E-state index contributed by atoms with van der Waals surface area (Å²) in [5, 5.41) is 9.86. The molecule has 0 radical (unpaired) electrons. The number of carbonyl (C=O) groups is 1. The van der Waals surface area contributed by atoms with Crippen LogP contribution >= 0.6 is 0 Å². The SMILES string of the molecule is COC(=O)CCCNCc1ccn[nH]1. The lowest BCUT2D eigenvalue weighted by atomic mass is 10.3. The average molecular weight is 197 g/mol. The Hall–Kier alpha value is -1.36. The van der Waals surface area contributed by atoms with E-state index in [0.717, 1.165) is 25.2 Å². The Bertz CT molecular complexity index is 259. The Morgan fingerprint density at radius 1 is 1.71 bits per heavy atom. The molecule has 1 aromatic heterocycles. The zero-order valence-corrected chi connectivity index (χ0v) is 8.25. The van der Waals surface area contributed by atoms with Crippen LogP contribution in [-0.4, -0.2) is 29.8 Å². The van der Waals surface area contributed by atoms with Gasteiger partial charge in [0, 0.05) is 24.9 Å². The maximum atomic E-state index is 10.7. The molecular formula is C9H15N3O2. The average Bonchev–Trinajstić information content (AvgIpc) is 2.69. The smallest absolute Gasteiger partial charge is 0.305 e. The molecule has 2 N–H and O–H groups in total. The van der Waals surface area contributed by atoms with Gasteiger partial charge in [0.2, 0.25) is 0 Å². The lowest BCUT2D eigenvalue weighted by Gasteiger charge is -2.01. The first-order chi connectivity index (χ1) is 6.83. The molecule has 0 fully saturated rings. The van der Waals surface area contributed by atoms with Crippen molar-refractivity contribution >= 4 is 5.97 Å². The van der Waals surface area contributed by atoms with Gasteiger partial charge >= 0.3 is 5.97 Å². The summed E-state index contributed by atoms with van der Waals surface area (Å²) in [7, 11) is 1.40. The minimum Gasteiger partial charge on any atom is -0.469 e. The van der Waals surface area contributed by atoms with Crippen LogP contribution in [0.25, 0.3) is 0 Å². The third-order valence-electron chi connectivity index (χ3n) is 1.84. The van der Waals surface area contributed by atoms with Crippen molar-refractivity contribution in [1.29, 1.82) is 0 Å². The van der Waals surface area contributed by atoms with Gasteiger partial charge in [0.1, 0.15) is 0 Å². The summed E-state index contributed by atoms with van der Waals surface area (Å²) in [6, 6.07) is 1.91. The van der Waals surface area contributed by atoms with Gasteiger partial charge in [-0.1, -0.05) is 0 Å². The second-order valence-electron chi connectivity index (χ2n) is 2.94. The van der Waals surface area contributed by atoms with Gasteiger partial charge in [-0.05, 0) is 19.0 Å². The number of H-pyrrole nitrogens is 1. The van der Waals surface area contributed by atoms with Gasteiger partial charge in [-0.25, -0.2) is 0 Å². The Balaban J connectivity index is 1.97. The molecule has 5 nitrogen and oxygen atoms in total. The molecule has 5 heteroatoms. The third-order valence-corrected chi connectivity index (χ3v) is 1.84. The van der Waals surface area contributed by atoms with Gasteiger partial charge in [-0.15, -0.1) is 0 Å². The Morgan fingerprint density at radius 3 is 3.21 bits per heavy atom. The number of hydrogen-bond donors (Lipinski definition) is 2. The van der Waals surface area contributed by atoms with E-state index in [9.17, 15) is 4.79 Å². The summed E-state index contributed by atoms with van der Waals surface area (Å²) in [4.78, 5) is 10.7. The zero-order chi connectivity index (χ0) is 10.2. The first kappa shape index (κ1) is 10.7. The molecule has 0 aliphatic rings. The van der Waals surface area contributed by atoms with E-state index in [4.69, 9.17) is 0 Å². The normalized spacial score (nSPS) is 10.1. The van der Waals surface area contributed by atoms with Crippen LogP contribution in [0.15, 0.2) is 12.3 Å². The second kappa shape index (κ2) is 6.15. The molecule has 1 heterocycles. The molecule has 0 spiro atoms. The van der Waals surface area contributed by atoms with Gasteiger partial charge in [0.25, 0.3) is 0 Å². The van der Waals surface area contributed by atoms with Crippen molar-refractivity contribution in [2.24, 2.45) is 0 Å². The van der Waals surface area contributed by atoms with Crippen LogP contribution in [0.1, 0.15) is 18.5 Å². The second-order valence-corrected chi connectivity index (χ2v) is 2.94. The Kier molecular flexibility index (Phi) is 4.71. The quantitative estimate of drug-likeness (QED) is 0.513. The highest BCUT2D eigenvalue weighted by atomic mass is 16.5. The number of nitrogens with one attached hydrogen (secondary N) is 2. The van der Waals surface area contributed by atoms with Crippen LogP contribution < -0.4 is 5.32 Å². The van der Waals surface area contributed by atoms with Gasteiger partial charge < -0.3 is 10.1 Å². The number of carbonyl (C=O) groups excluding carboxylic acids is 1. The molecule has 0 aliphatic carbocycles. The molecule has 0 bridgehead atoms. The molecule has 0 saturated heterocycles. The molecule has 14 heavy (non-hydrogen) atoms. The van der Waals surface area contributed by atoms with Crippen LogP contribution in [0.5, 0.6) is 0 Å². The van der Waals surface area contributed by atoms with Crippen molar-refractivity contribution < 1.29 is 9.53 Å². The third kappa shape index (κ3) is 4.04. The number of aromatic amines is 1. The molecular weight excluding hydrogens is 182 g/mol. The molecule has 0 amide bonds. The predicted molar refractivity (Wildman–Crippen MR) is 51.5 cm³/mol. The van der Waals surface area contributed by atoms with Gasteiger partial charge in [-0.3, -0.25) is 9.89 Å². The number of methoxy groups -OCH3 is 1. The molecule has 0 aliphatic heterocycles. The fraction of sp³-hybridized carbons (Fsp3) is 0.556. The van der Waals surface area contributed by atoms with Crippen LogP contribution in [-0.2, 0) is 16.1 Å². The summed E-state index contributed by atoms with van der Waals surface area (Å²) in [6.45, 7) is 1.55. The summed E-state index contributed by atoms with van der Waals surface area (Å²) in [5.74, 6) is -0.159. The number of hydrogen-bond acceptors (Lipinski definition) is 4. The van der Waals surface area contributed by atoms with E-state index < -0.39 is 0 Å². The minimum absolute atomic E-state index is 0.159. The van der Waals surface area contributed by atoms with E-state index >= 15 is 0 Å². The minimum atomic E-state index is -0.159. The van der Waals surface area contributed by atoms with Crippen molar-refractivity contribution in [1.82, 2.24) is 15.5 Å². The summed E-state index contributed by atoms with van der Waals surface area (Å²) in [6.07, 6.45) is 2.97. The molecule has 1 rings (SSSR count).